The molecule has 1 N–H and O–H groups in total. The number of rotatable bonds is 16. The SMILES string of the molecule is COCCOCCOCCN(C(=O)O)C1CCN(C[C@H](c2ccccc2)N(C)C(=O)Cc2ccc(Cl)c(Cl)c2)C1. The number of likely N-dealkylation sites (tertiary alicyclic amines) is 1. The van der Waals surface area contributed by atoms with Crippen LogP contribution in [0, 0.1) is 0 Å². The van der Waals surface area contributed by atoms with Crippen LogP contribution in [0.4, 0.5) is 4.79 Å². The Labute approximate surface area is 246 Å². The van der Waals surface area contributed by atoms with Crippen LogP contribution >= 0.6 is 23.2 Å². The topological polar surface area (TPSA) is 91.8 Å². The normalized spacial score (nSPS) is 16.1. The van der Waals surface area contributed by atoms with Gasteiger partial charge in [-0.15, -0.1) is 0 Å². The second-order valence-corrected chi connectivity index (χ2v) is 10.6. The smallest absolute Gasteiger partial charge is 0.407 e. The Morgan fingerprint density at radius 3 is 2.40 bits per heavy atom. The van der Waals surface area contributed by atoms with Crippen LogP contribution in [0.1, 0.15) is 23.6 Å². The van der Waals surface area contributed by atoms with Crippen LogP contribution in [0.3, 0.4) is 0 Å². The number of ether oxygens (including phenoxy) is 3. The van der Waals surface area contributed by atoms with Crippen LogP contribution in [0.5, 0.6) is 0 Å². The van der Waals surface area contributed by atoms with Crippen LogP contribution < -0.4 is 0 Å². The highest BCUT2D eigenvalue weighted by Crippen LogP contribution is 2.27. The average molecular weight is 597 g/mol. The minimum Gasteiger partial charge on any atom is -0.465 e. The van der Waals surface area contributed by atoms with Crippen LogP contribution in [0.15, 0.2) is 48.5 Å². The van der Waals surface area contributed by atoms with Gasteiger partial charge in [-0.3, -0.25) is 9.69 Å². The summed E-state index contributed by atoms with van der Waals surface area (Å²) >= 11 is 12.2. The van der Waals surface area contributed by atoms with Gasteiger partial charge in [0.1, 0.15) is 0 Å². The summed E-state index contributed by atoms with van der Waals surface area (Å²) in [7, 11) is 3.43. The van der Waals surface area contributed by atoms with E-state index in [-0.39, 0.29) is 31.0 Å². The Balaban J connectivity index is 1.58. The summed E-state index contributed by atoms with van der Waals surface area (Å²) in [6.45, 7) is 4.36. The van der Waals surface area contributed by atoms with Gasteiger partial charge < -0.3 is 29.1 Å². The molecular weight excluding hydrogens is 557 g/mol. The molecule has 40 heavy (non-hydrogen) atoms. The van der Waals surface area contributed by atoms with Crippen LogP contribution in [-0.4, -0.2) is 111 Å². The molecule has 2 amide bonds. The van der Waals surface area contributed by atoms with Crippen LogP contribution in [0.25, 0.3) is 0 Å². The zero-order valence-electron chi connectivity index (χ0n) is 23.1. The van der Waals surface area contributed by atoms with Gasteiger partial charge in [0.15, 0.2) is 0 Å². The molecule has 0 spiro atoms. The molecule has 11 heteroatoms. The number of carbonyl (C=O) groups excluding carboxylic acids is 1. The zero-order valence-corrected chi connectivity index (χ0v) is 24.6. The summed E-state index contributed by atoms with van der Waals surface area (Å²) in [6.07, 6.45) is -0.0429. The number of benzene rings is 2. The number of methoxy groups -OCH3 is 1. The fourth-order valence-electron chi connectivity index (χ4n) is 4.79. The Hall–Kier alpha value is -2.40. The van der Waals surface area contributed by atoms with Crippen molar-refractivity contribution >= 4 is 35.2 Å². The molecule has 1 aliphatic heterocycles. The van der Waals surface area contributed by atoms with Gasteiger partial charge in [-0.25, -0.2) is 4.79 Å². The molecule has 0 saturated carbocycles. The molecule has 1 saturated heterocycles. The number of nitrogens with zero attached hydrogens (tertiary/aromatic N) is 3. The molecule has 220 valence electrons. The number of hydrogen-bond donors (Lipinski definition) is 1. The van der Waals surface area contributed by atoms with Crippen molar-refractivity contribution in [2.75, 3.05) is 73.4 Å². The molecule has 1 aliphatic rings. The van der Waals surface area contributed by atoms with E-state index in [2.05, 4.69) is 4.90 Å². The lowest BCUT2D eigenvalue weighted by Crippen LogP contribution is -2.44. The maximum absolute atomic E-state index is 13.3. The molecule has 1 unspecified atom stereocenters. The third-order valence-electron chi connectivity index (χ3n) is 7.03. The number of carboxylic acid groups (broad SMARTS) is 1. The lowest BCUT2D eigenvalue weighted by Gasteiger charge is -2.33. The summed E-state index contributed by atoms with van der Waals surface area (Å²) in [4.78, 5) is 30.8. The number of amides is 2. The van der Waals surface area contributed by atoms with Crippen molar-refractivity contribution in [1.29, 1.82) is 0 Å². The number of halogens is 2. The van der Waals surface area contributed by atoms with Crippen LogP contribution in [-0.2, 0) is 25.4 Å². The van der Waals surface area contributed by atoms with E-state index in [0.29, 0.717) is 56.2 Å². The highest BCUT2D eigenvalue weighted by Gasteiger charge is 2.33. The third kappa shape index (κ3) is 9.90. The highest BCUT2D eigenvalue weighted by molar-refractivity contribution is 6.42. The van der Waals surface area contributed by atoms with Gasteiger partial charge in [0, 0.05) is 46.4 Å². The van der Waals surface area contributed by atoms with Crippen LogP contribution in [0.2, 0.25) is 10.0 Å². The van der Waals surface area contributed by atoms with Crippen molar-refractivity contribution in [3.8, 4) is 0 Å². The Bertz CT molecular complexity index is 1080. The van der Waals surface area contributed by atoms with Gasteiger partial charge in [0.05, 0.1) is 55.5 Å². The fraction of sp³-hybridized carbons (Fsp3) is 0.517. The van der Waals surface area contributed by atoms with E-state index < -0.39 is 6.09 Å². The number of carbonyl (C=O) groups is 2. The lowest BCUT2D eigenvalue weighted by atomic mass is 10.0. The molecule has 1 heterocycles. The molecule has 1 fully saturated rings. The number of hydrogen-bond acceptors (Lipinski definition) is 6. The maximum Gasteiger partial charge on any atom is 0.407 e. The second kappa shape index (κ2) is 16.8. The number of likely N-dealkylation sites (N-methyl/N-ethyl adjacent to an activating group) is 1. The standard InChI is InChI=1S/C29H39Cl2N3O6/c1-32(28(35)19-22-8-9-25(30)26(31)18-22)27(23-6-4-3-5-7-23)21-33-11-10-24(20-33)34(29(36)37)12-13-39-16-17-40-15-14-38-2/h3-9,18,24,27H,10-17,19-21H2,1-2H3,(H,36,37)/t24?,27-/m1/s1. The van der Waals surface area contributed by atoms with E-state index in [9.17, 15) is 14.7 Å². The molecule has 0 aliphatic carbocycles. The first kappa shape index (κ1) is 32.1. The molecular formula is C29H39Cl2N3O6. The third-order valence-corrected chi connectivity index (χ3v) is 7.77. The summed E-state index contributed by atoms with van der Waals surface area (Å²) in [5, 5.41) is 10.7. The molecule has 2 aromatic rings. The average Bonchev–Trinajstić information content (AvgIpc) is 3.41. The van der Waals surface area contributed by atoms with Gasteiger partial charge in [0.2, 0.25) is 5.91 Å². The van der Waals surface area contributed by atoms with Crippen molar-refractivity contribution in [3.63, 3.8) is 0 Å². The van der Waals surface area contributed by atoms with Crippen molar-refractivity contribution in [3.05, 3.63) is 69.7 Å². The molecule has 0 radical (unpaired) electrons. The summed E-state index contributed by atoms with van der Waals surface area (Å²) in [6, 6.07) is 14.8. The molecule has 2 atom stereocenters. The predicted molar refractivity (Wildman–Crippen MR) is 155 cm³/mol. The van der Waals surface area contributed by atoms with E-state index in [1.54, 1.807) is 30.2 Å². The molecule has 2 aromatic carbocycles. The molecule has 9 nitrogen and oxygen atoms in total. The first-order chi connectivity index (χ1) is 19.3. The summed E-state index contributed by atoms with van der Waals surface area (Å²) in [5.41, 5.74) is 1.81. The van der Waals surface area contributed by atoms with Gasteiger partial charge in [-0.1, -0.05) is 59.6 Å². The van der Waals surface area contributed by atoms with E-state index in [1.807, 2.05) is 37.4 Å². The monoisotopic (exact) mass is 595 g/mol. The fourth-order valence-corrected chi connectivity index (χ4v) is 5.11. The van der Waals surface area contributed by atoms with Crippen molar-refractivity contribution in [2.24, 2.45) is 0 Å². The van der Waals surface area contributed by atoms with E-state index in [4.69, 9.17) is 37.4 Å². The van der Waals surface area contributed by atoms with Crippen molar-refractivity contribution in [1.82, 2.24) is 14.7 Å². The molecule has 0 aromatic heterocycles. The maximum atomic E-state index is 13.3. The minimum absolute atomic E-state index is 0.0431. The molecule has 0 bridgehead atoms. The van der Waals surface area contributed by atoms with E-state index in [0.717, 1.165) is 24.1 Å². The summed E-state index contributed by atoms with van der Waals surface area (Å²) in [5.74, 6) is -0.0431. The first-order valence-electron chi connectivity index (χ1n) is 13.4. The van der Waals surface area contributed by atoms with E-state index in [1.165, 1.54) is 4.90 Å². The Kier molecular flexibility index (Phi) is 13.5. The van der Waals surface area contributed by atoms with Gasteiger partial charge >= 0.3 is 6.09 Å². The van der Waals surface area contributed by atoms with Crippen molar-refractivity contribution < 1.29 is 28.9 Å². The Morgan fingerprint density at radius 1 is 1.02 bits per heavy atom. The van der Waals surface area contributed by atoms with Crippen molar-refractivity contribution in [2.45, 2.75) is 24.9 Å². The lowest BCUT2D eigenvalue weighted by molar-refractivity contribution is -0.131. The second-order valence-electron chi connectivity index (χ2n) is 9.75. The van der Waals surface area contributed by atoms with E-state index >= 15 is 0 Å². The van der Waals surface area contributed by atoms with Gasteiger partial charge in [-0.2, -0.15) is 0 Å². The Morgan fingerprint density at radius 2 is 1.73 bits per heavy atom. The first-order valence-corrected chi connectivity index (χ1v) is 14.2. The minimum atomic E-state index is -0.958. The summed E-state index contributed by atoms with van der Waals surface area (Å²) < 4.78 is 15.9. The van der Waals surface area contributed by atoms with Gasteiger partial charge in [0.25, 0.3) is 0 Å². The largest absolute Gasteiger partial charge is 0.465 e. The zero-order chi connectivity index (χ0) is 28.9. The highest BCUT2D eigenvalue weighted by atomic mass is 35.5. The molecule has 3 rings (SSSR count). The quantitative estimate of drug-likeness (QED) is 0.286. The van der Waals surface area contributed by atoms with Gasteiger partial charge in [-0.05, 0) is 29.7 Å². The predicted octanol–water partition coefficient (Wildman–Crippen LogP) is 4.47.